The van der Waals surface area contributed by atoms with Gasteiger partial charge >= 0.3 is 5.97 Å². The van der Waals surface area contributed by atoms with Crippen molar-refractivity contribution < 1.29 is 15.0 Å². The number of benzene rings is 1. The molecule has 18 heavy (non-hydrogen) atoms. The van der Waals surface area contributed by atoms with Crippen LogP contribution in [0.25, 0.3) is 0 Å². The van der Waals surface area contributed by atoms with E-state index < -0.39 is 5.97 Å². The van der Waals surface area contributed by atoms with E-state index >= 15 is 0 Å². The standard InChI is InChI=1S/C13H18BrNO3/c1-2-11(5-6-16)15-8-10-4-3-9(13(17)18)7-12(10)14/h3-4,7,11,15-16H,2,5-6,8H2,1H3,(H,17,18). The molecule has 1 rings (SSSR count). The van der Waals surface area contributed by atoms with E-state index in [1.807, 2.05) is 0 Å². The maximum Gasteiger partial charge on any atom is 0.335 e. The van der Waals surface area contributed by atoms with E-state index in [0.29, 0.717) is 6.54 Å². The summed E-state index contributed by atoms with van der Waals surface area (Å²) < 4.78 is 0.786. The lowest BCUT2D eigenvalue weighted by Gasteiger charge is -2.16. The minimum atomic E-state index is -0.929. The molecule has 0 aliphatic rings. The number of carboxylic acids is 1. The predicted molar refractivity (Wildman–Crippen MR) is 73.7 cm³/mol. The van der Waals surface area contributed by atoms with Crippen LogP contribution in [0.2, 0.25) is 0 Å². The summed E-state index contributed by atoms with van der Waals surface area (Å²) in [6.07, 6.45) is 1.67. The molecule has 0 spiro atoms. The van der Waals surface area contributed by atoms with Gasteiger partial charge in [-0.1, -0.05) is 28.9 Å². The average Bonchev–Trinajstić information content (AvgIpc) is 2.35. The lowest BCUT2D eigenvalue weighted by Crippen LogP contribution is -2.29. The van der Waals surface area contributed by atoms with Crippen molar-refractivity contribution in [2.24, 2.45) is 0 Å². The van der Waals surface area contributed by atoms with Crippen molar-refractivity contribution in [3.63, 3.8) is 0 Å². The fraction of sp³-hybridized carbons (Fsp3) is 0.462. The second-order valence-corrected chi connectivity index (χ2v) is 4.96. The molecule has 0 saturated carbocycles. The molecule has 1 aromatic carbocycles. The molecule has 0 heterocycles. The Bertz CT molecular complexity index is 409. The van der Waals surface area contributed by atoms with Gasteiger partial charge in [0.15, 0.2) is 0 Å². The van der Waals surface area contributed by atoms with Crippen LogP contribution in [-0.2, 0) is 6.54 Å². The van der Waals surface area contributed by atoms with E-state index in [-0.39, 0.29) is 18.2 Å². The number of hydrogen-bond acceptors (Lipinski definition) is 3. The fourth-order valence-corrected chi connectivity index (χ4v) is 2.20. The molecule has 1 atom stereocenters. The first-order chi connectivity index (χ1) is 8.58. The lowest BCUT2D eigenvalue weighted by atomic mass is 10.1. The molecule has 0 aromatic heterocycles. The molecule has 0 saturated heterocycles. The molecule has 0 amide bonds. The third-order valence-electron chi connectivity index (χ3n) is 2.85. The third kappa shape index (κ3) is 4.40. The molecule has 0 aliphatic heterocycles. The Morgan fingerprint density at radius 3 is 2.72 bits per heavy atom. The van der Waals surface area contributed by atoms with Crippen LogP contribution in [0.5, 0.6) is 0 Å². The Hall–Kier alpha value is -0.910. The second-order valence-electron chi connectivity index (χ2n) is 4.11. The maximum absolute atomic E-state index is 10.8. The van der Waals surface area contributed by atoms with Gasteiger partial charge in [0.05, 0.1) is 5.56 Å². The van der Waals surface area contributed by atoms with Gasteiger partial charge in [0.2, 0.25) is 0 Å². The SMILES string of the molecule is CCC(CCO)NCc1ccc(C(=O)O)cc1Br. The number of nitrogens with one attached hydrogen (secondary N) is 1. The van der Waals surface area contributed by atoms with Gasteiger partial charge in [-0.05, 0) is 30.5 Å². The zero-order chi connectivity index (χ0) is 13.5. The fourth-order valence-electron chi connectivity index (χ4n) is 1.68. The molecule has 0 aliphatic carbocycles. The maximum atomic E-state index is 10.8. The van der Waals surface area contributed by atoms with Crippen LogP contribution in [0.1, 0.15) is 35.7 Å². The van der Waals surface area contributed by atoms with Crippen LogP contribution >= 0.6 is 15.9 Å². The first kappa shape index (κ1) is 15.1. The first-order valence-corrected chi connectivity index (χ1v) is 6.73. The molecular weight excluding hydrogens is 298 g/mol. The van der Waals surface area contributed by atoms with E-state index in [2.05, 4.69) is 28.2 Å². The zero-order valence-corrected chi connectivity index (χ0v) is 11.9. The average molecular weight is 316 g/mol. The van der Waals surface area contributed by atoms with E-state index in [9.17, 15) is 4.79 Å². The van der Waals surface area contributed by atoms with Crippen LogP contribution in [0.3, 0.4) is 0 Å². The van der Waals surface area contributed by atoms with E-state index in [1.165, 1.54) is 0 Å². The summed E-state index contributed by atoms with van der Waals surface area (Å²) >= 11 is 3.37. The molecule has 0 radical (unpaired) electrons. The summed E-state index contributed by atoms with van der Waals surface area (Å²) in [5.41, 5.74) is 1.28. The highest BCUT2D eigenvalue weighted by molar-refractivity contribution is 9.10. The van der Waals surface area contributed by atoms with E-state index in [4.69, 9.17) is 10.2 Å². The number of carbonyl (C=O) groups is 1. The topological polar surface area (TPSA) is 69.6 Å². The van der Waals surface area contributed by atoms with Gasteiger partial charge in [-0.2, -0.15) is 0 Å². The van der Waals surface area contributed by atoms with Crippen molar-refractivity contribution in [1.29, 1.82) is 0 Å². The van der Waals surface area contributed by atoms with Gasteiger partial charge in [0, 0.05) is 23.7 Å². The molecule has 1 unspecified atom stereocenters. The Morgan fingerprint density at radius 2 is 2.22 bits per heavy atom. The minimum Gasteiger partial charge on any atom is -0.478 e. The Balaban J connectivity index is 2.65. The van der Waals surface area contributed by atoms with Crippen molar-refractivity contribution in [1.82, 2.24) is 5.32 Å². The molecular formula is C13H18BrNO3. The summed E-state index contributed by atoms with van der Waals surface area (Å²) in [5, 5.41) is 21.1. The number of aliphatic hydroxyl groups excluding tert-OH is 1. The van der Waals surface area contributed by atoms with Crippen molar-refractivity contribution in [2.45, 2.75) is 32.4 Å². The highest BCUT2D eigenvalue weighted by Crippen LogP contribution is 2.19. The summed E-state index contributed by atoms with van der Waals surface area (Å²) in [6, 6.07) is 5.27. The van der Waals surface area contributed by atoms with Gasteiger partial charge < -0.3 is 15.5 Å². The number of aromatic carboxylic acids is 1. The van der Waals surface area contributed by atoms with Crippen LogP contribution in [0.4, 0.5) is 0 Å². The van der Waals surface area contributed by atoms with Crippen LogP contribution in [0.15, 0.2) is 22.7 Å². The van der Waals surface area contributed by atoms with Crippen molar-refractivity contribution >= 4 is 21.9 Å². The second kappa shape index (κ2) is 7.51. The van der Waals surface area contributed by atoms with Crippen LogP contribution < -0.4 is 5.32 Å². The Kier molecular flexibility index (Phi) is 6.32. The van der Waals surface area contributed by atoms with Gasteiger partial charge in [-0.3, -0.25) is 0 Å². The molecule has 100 valence electrons. The van der Waals surface area contributed by atoms with Gasteiger partial charge in [-0.15, -0.1) is 0 Å². The summed E-state index contributed by atoms with van der Waals surface area (Å²) in [7, 11) is 0. The molecule has 4 nitrogen and oxygen atoms in total. The zero-order valence-electron chi connectivity index (χ0n) is 10.3. The number of hydrogen-bond donors (Lipinski definition) is 3. The number of rotatable bonds is 7. The Morgan fingerprint density at radius 1 is 1.50 bits per heavy atom. The summed E-state index contributed by atoms with van der Waals surface area (Å²) in [5.74, 6) is -0.929. The van der Waals surface area contributed by atoms with E-state index in [1.54, 1.807) is 18.2 Å². The quantitative estimate of drug-likeness (QED) is 0.722. The van der Waals surface area contributed by atoms with Crippen LogP contribution in [-0.4, -0.2) is 28.8 Å². The van der Waals surface area contributed by atoms with Gasteiger partial charge in [-0.25, -0.2) is 4.79 Å². The summed E-state index contributed by atoms with van der Waals surface area (Å²) in [6.45, 7) is 2.89. The molecule has 1 aromatic rings. The van der Waals surface area contributed by atoms with Gasteiger partial charge in [0.25, 0.3) is 0 Å². The Labute approximate surface area is 115 Å². The lowest BCUT2D eigenvalue weighted by molar-refractivity contribution is 0.0697. The van der Waals surface area contributed by atoms with Crippen molar-refractivity contribution in [3.8, 4) is 0 Å². The monoisotopic (exact) mass is 315 g/mol. The number of carboxylic acid groups (broad SMARTS) is 1. The van der Waals surface area contributed by atoms with Gasteiger partial charge in [0.1, 0.15) is 0 Å². The third-order valence-corrected chi connectivity index (χ3v) is 3.59. The normalized spacial score (nSPS) is 12.4. The summed E-state index contributed by atoms with van der Waals surface area (Å²) in [4.78, 5) is 10.8. The van der Waals surface area contributed by atoms with Crippen molar-refractivity contribution in [3.05, 3.63) is 33.8 Å². The smallest absolute Gasteiger partial charge is 0.335 e. The number of aliphatic hydroxyl groups is 1. The van der Waals surface area contributed by atoms with Crippen LogP contribution in [0, 0.1) is 0 Å². The minimum absolute atomic E-state index is 0.171. The van der Waals surface area contributed by atoms with E-state index in [0.717, 1.165) is 22.9 Å². The highest BCUT2D eigenvalue weighted by atomic mass is 79.9. The molecule has 5 heteroatoms. The molecule has 3 N–H and O–H groups in total. The largest absolute Gasteiger partial charge is 0.478 e. The van der Waals surface area contributed by atoms with Crippen molar-refractivity contribution in [2.75, 3.05) is 6.61 Å². The highest BCUT2D eigenvalue weighted by Gasteiger charge is 2.09. The first-order valence-electron chi connectivity index (χ1n) is 5.94. The number of halogens is 1. The molecule has 0 fully saturated rings. The predicted octanol–water partition coefficient (Wildman–Crippen LogP) is 2.40. The molecule has 0 bridgehead atoms.